The van der Waals surface area contributed by atoms with Gasteiger partial charge in [-0.25, -0.2) is 4.98 Å². The molecule has 0 amide bonds. The van der Waals surface area contributed by atoms with Crippen LogP contribution < -0.4 is 0 Å². The number of halogens is 4. The van der Waals surface area contributed by atoms with Crippen LogP contribution in [0.4, 0.5) is 13.2 Å². The van der Waals surface area contributed by atoms with Gasteiger partial charge in [0.05, 0.1) is 5.92 Å². The van der Waals surface area contributed by atoms with Crippen LogP contribution in [0, 0.1) is 0 Å². The monoisotopic (exact) mass is 253 g/mol. The van der Waals surface area contributed by atoms with E-state index in [1.54, 1.807) is 0 Å². The summed E-state index contributed by atoms with van der Waals surface area (Å²) in [6, 6.07) is 2.16. The quantitative estimate of drug-likeness (QED) is 0.825. The van der Waals surface area contributed by atoms with Crippen molar-refractivity contribution in [3.63, 3.8) is 0 Å². The Hall–Kier alpha value is -1.30. The zero-order valence-electron chi connectivity index (χ0n) is 8.05. The first-order valence-electron chi connectivity index (χ1n) is 4.20. The Balaban J connectivity index is 3.34. The fraction of sp³-hybridized carbons (Fsp3) is 0.333. The van der Waals surface area contributed by atoms with Crippen LogP contribution in [0.5, 0.6) is 0 Å². The van der Waals surface area contributed by atoms with E-state index < -0.39 is 29.3 Å². The molecule has 0 aliphatic rings. The number of rotatable bonds is 2. The molecule has 0 saturated carbocycles. The summed E-state index contributed by atoms with van der Waals surface area (Å²) in [5, 5.41) is 8.34. The smallest absolute Gasteiger partial charge is 0.433 e. The number of alkyl halides is 3. The second kappa shape index (κ2) is 4.29. The van der Waals surface area contributed by atoms with Gasteiger partial charge in [-0.2, -0.15) is 13.2 Å². The number of aliphatic carboxylic acids is 1. The maximum atomic E-state index is 12.5. The van der Waals surface area contributed by atoms with Crippen molar-refractivity contribution in [1.82, 2.24) is 4.98 Å². The molecule has 1 atom stereocenters. The first kappa shape index (κ1) is 12.8. The Morgan fingerprint density at radius 1 is 1.50 bits per heavy atom. The minimum atomic E-state index is -4.72. The van der Waals surface area contributed by atoms with Crippen molar-refractivity contribution in [3.05, 3.63) is 28.5 Å². The Kier molecular flexibility index (Phi) is 3.42. The Bertz CT molecular complexity index is 420. The number of nitrogens with zero attached hydrogens (tertiary/aromatic N) is 1. The molecule has 1 heterocycles. The Labute approximate surface area is 93.9 Å². The van der Waals surface area contributed by atoms with E-state index in [1.807, 2.05) is 0 Å². The highest BCUT2D eigenvalue weighted by Crippen LogP contribution is 2.34. The molecule has 3 nitrogen and oxygen atoms in total. The van der Waals surface area contributed by atoms with Gasteiger partial charge >= 0.3 is 12.1 Å². The Morgan fingerprint density at radius 3 is 2.50 bits per heavy atom. The van der Waals surface area contributed by atoms with Gasteiger partial charge in [-0.1, -0.05) is 17.7 Å². The van der Waals surface area contributed by atoms with E-state index in [0.29, 0.717) is 0 Å². The van der Waals surface area contributed by atoms with E-state index in [1.165, 1.54) is 0 Å². The summed E-state index contributed by atoms with van der Waals surface area (Å²) in [6.07, 6.45) is -4.72. The molecule has 0 spiro atoms. The minimum absolute atomic E-state index is 0.325. The average Bonchev–Trinajstić information content (AvgIpc) is 2.15. The van der Waals surface area contributed by atoms with E-state index in [-0.39, 0.29) is 5.15 Å². The van der Waals surface area contributed by atoms with Crippen LogP contribution in [0.25, 0.3) is 0 Å². The molecule has 7 heteroatoms. The Morgan fingerprint density at radius 2 is 2.06 bits per heavy atom. The summed E-state index contributed by atoms with van der Waals surface area (Å²) in [7, 11) is 0. The molecule has 1 aromatic heterocycles. The fourth-order valence-corrected chi connectivity index (χ4v) is 1.30. The highest BCUT2D eigenvalue weighted by molar-refractivity contribution is 6.29. The van der Waals surface area contributed by atoms with E-state index in [4.69, 9.17) is 16.7 Å². The van der Waals surface area contributed by atoms with E-state index >= 15 is 0 Å². The highest BCUT2D eigenvalue weighted by atomic mass is 35.5. The van der Waals surface area contributed by atoms with Gasteiger partial charge in [0.25, 0.3) is 0 Å². The van der Waals surface area contributed by atoms with Crippen LogP contribution in [-0.2, 0) is 11.0 Å². The second-order valence-corrected chi connectivity index (χ2v) is 3.52. The molecular weight excluding hydrogens is 247 g/mol. The molecule has 0 saturated heterocycles. The van der Waals surface area contributed by atoms with Crippen molar-refractivity contribution in [2.24, 2.45) is 0 Å². The zero-order chi connectivity index (χ0) is 12.5. The number of carboxylic acids is 1. The fourth-order valence-electron chi connectivity index (χ4n) is 1.16. The third-order valence-electron chi connectivity index (χ3n) is 2.00. The van der Waals surface area contributed by atoms with Crippen LogP contribution in [0.3, 0.4) is 0 Å². The summed E-state index contributed by atoms with van der Waals surface area (Å²) in [5.41, 5.74) is -1.65. The lowest BCUT2D eigenvalue weighted by molar-refractivity contribution is -0.143. The van der Waals surface area contributed by atoms with Crippen molar-refractivity contribution in [1.29, 1.82) is 0 Å². The SMILES string of the molecule is CC(C(=O)O)c1ccc(Cl)nc1C(F)(F)F. The van der Waals surface area contributed by atoms with Crippen LogP contribution in [0.15, 0.2) is 12.1 Å². The number of pyridine rings is 1. The van der Waals surface area contributed by atoms with E-state index in [0.717, 1.165) is 19.1 Å². The first-order valence-corrected chi connectivity index (χ1v) is 4.57. The second-order valence-electron chi connectivity index (χ2n) is 3.13. The standard InChI is InChI=1S/C9H7ClF3NO2/c1-4(8(15)16)5-2-3-6(10)14-7(5)9(11,12)13/h2-4H,1H3,(H,15,16). The molecule has 88 valence electrons. The predicted molar refractivity (Wildman–Crippen MR) is 50.3 cm³/mol. The van der Waals surface area contributed by atoms with Crippen molar-refractivity contribution >= 4 is 17.6 Å². The molecule has 16 heavy (non-hydrogen) atoms. The molecule has 0 aromatic carbocycles. The minimum Gasteiger partial charge on any atom is -0.481 e. The third kappa shape index (κ3) is 2.63. The summed E-state index contributed by atoms with van der Waals surface area (Å²) < 4.78 is 37.6. The van der Waals surface area contributed by atoms with Gasteiger partial charge in [-0.15, -0.1) is 0 Å². The normalized spacial score (nSPS) is 13.6. The maximum Gasteiger partial charge on any atom is 0.433 e. The topological polar surface area (TPSA) is 50.2 Å². The number of carbonyl (C=O) groups is 1. The van der Waals surface area contributed by atoms with Gasteiger partial charge < -0.3 is 5.11 Å². The van der Waals surface area contributed by atoms with Crippen molar-refractivity contribution in [2.75, 3.05) is 0 Å². The lowest BCUT2D eigenvalue weighted by Crippen LogP contribution is -2.17. The number of hydrogen-bond donors (Lipinski definition) is 1. The van der Waals surface area contributed by atoms with Crippen LogP contribution in [0.1, 0.15) is 24.1 Å². The molecule has 1 rings (SSSR count). The van der Waals surface area contributed by atoms with Crippen LogP contribution in [0.2, 0.25) is 5.15 Å². The molecular formula is C9H7ClF3NO2. The molecule has 0 radical (unpaired) electrons. The van der Waals surface area contributed by atoms with Gasteiger partial charge in [-0.05, 0) is 18.6 Å². The molecule has 1 aromatic rings. The van der Waals surface area contributed by atoms with Crippen molar-refractivity contribution in [2.45, 2.75) is 19.0 Å². The van der Waals surface area contributed by atoms with Crippen molar-refractivity contribution < 1.29 is 23.1 Å². The van der Waals surface area contributed by atoms with Gasteiger partial charge in [0.1, 0.15) is 10.8 Å². The summed E-state index contributed by atoms with van der Waals surface area (Å²) in [4.78, 5) is 13.8. The van der Waals surface area contributed by atoms with Gasteiger partial charge in [0.15, 0.2) is 0 Å². The highest BCUT2D eigenvalue weighted by Gasteiger charge is 2.37. The summed E-state index contributed by atoms with van der Waals surface area (Å²) >= 11 is 5.35. The molecule has 1 unspecified atom stereocenters. The molecule has 0 aliphatic carbocycles. The molecule has 0 fully saturated rings. The molecule has 1 N–H and O–H groups in total. The lowest BCUT2D eigenvalue weighted by atomic mass is 9.99. The van der Waals surface area contributed by atoms with Crippen molar-refractivity contribution in [3.8, 4) is 0 Å². The number of aromatic nitrogens is 1. The zero-order valence-corrected chi connectivity index (χ0v) is 8.80. The number of hydrogen-bond acceptors (Lipinski definition) is 2. The lowest BCUT2D eigenvalue weighted by Gasteiger charge is -2.14. The van der Waals surface area contributed by atoms with Crippen LogP contribution in [-0.4, -0.2) is 16.1 Å². The number of carboxylic acid groups (broad SMARTS) is 1. The molecule has 0 aliphatic heterocycles. The first-order chi connectivity index (χ1) is 7.23. The average molecular weight is 254 g/mol. The van der Waals surface area contributed by atoms with Gasteiger partial charge in [0.2, 0.25) is 0 Å². The summed E-state index contributed by atoms with van der Waals surface area (Å²) in [6.45, 7) is 1.16. The molecule has 0 bridgehead atoms. The van der Waals surface area contributed by atoms with Crippen LogP contribution >= 0.6 is 11.6 Å². The largest absolute Gasteiger partial charge is 0.481 e. The predicted octanol–water partition coefficient (Wildman–Crippen LogP) is 2.94. The van der Waals surface area contributed by atoms with E-state index in [9.17, 15) is 18.0 Å². The van der Waals surface area contributed by atoms with E-state index in [2.05, 4.69) is 4.98 Å². The van der Waals surface area contributed by atoms with Gasteiger partial charge in [0, 0.05) is 0 Å². The summed E-state index contributed by atoms with van der Waals surface area (Å²) in [5.74, 6) is -2.64. The maximum absolute atomic E-state index is 12.5. The third-order valence-corrected chi connectivity index (χ3v) is 2.21. The van der Waals surface area contributed by atoms with Gasteiger partial charge in [-0.3, -0.25) is 4.79 Å².